The molecular formula is C23H17F3N2O2. The first-order valence-corrected chi connectivity index (χ1v) is 9.32. The number of fused-ring (bicyclic) bond motifs is 1. The van der Waals surface area contributed by atoms with E-state index in [1.54, 1.807) is 36.4 Å². The molecule has 0 aliphatic carbocycles. The molecule has 0 radical (unpaired) electrons. The van der Waals surface area contributed by atoms with Gasteiger partial charge >= 0.3 is 6.18 Å². The summed E-state index contributed by atoms with van der Waals surface area (Å²) in [5.74, 6) is -0.407. The van der Waals surface area contributed by atoms with Crippen LogP contribution in [0.1, 0.15) is 27.9 Å². The molecule has 1 aliphatic rings. The van der Waals surface area contributed by atoms with E-state index in [0.717, 1.165) is 23.4 Å². The predicted octanol–water partition coefficient (Wildman–Crippen LogP) is 5.51. The number of alkyl halides is 3. The van der Waals surface area contributed by atoms with E-state index in [2.05, 4.69) is 10.6 Å². The number of rotatable bonds is 3. The quantitative estimate of drug-likeness (QED) is 0.598. The molecular weight excluding hydrogens is 393 g/mol. The van der Waals surface area contributed by atoms with Gasteiger partial charge in [0, 0.05) is 23.4 Å². The van der Waals surface area contributed by atoms with Gasteiger partial charge in [-0.3, -0.25) is 9.59 Å². The normalized spacial score (nSPS) is 13.4. The number of carbonyl (C=O) groups excluding carboxylic acids is 2. The average molecular weight is 410 g/mol. The van der Waals surface area contributed by atoms with Gasteiger partial charge in [-0.2, -0.15) is 13.2 Å². The molecule has 0 aromatic heterocycles. The van der Waals surface area contributed by atoms with E-state index >= 15 is 0 Å². The molecule has 0 saturated heterocycles. The number of hydrogen-bond donors (Lipinski definition) is 2. The lowest BCUT2D eigenvalue weighted by atomic mass is 9.98. The van der Waals surface area contributed by atoms with E-state index in [0.29, 0.717) is 35.2 Å². The number of carbonyl (C=O) groups is 2. The van der Waals surface area contributed by atoms with E-state index in [4.69, 9.17) is 0 Å². The molecule has 2 amide bonds. The lowest BCUT2D eigenvalue weighted by molar-refractivity contribution is -0.137. The Hall–Kier alpha value is -3.61. The van der Waals surface area contributed by atoms with Gasteiger partial charge in [0.15, 0.2) is 0 Å². The maximum absolute atomic E-state index is 12.9. The zero-order valence-corrected chi connectivity index (χ0v) is 15.7. The highest BCUT2D eigenvalue weighted by atomic mass is 19.4. The lowest BCUT2D eigenvalue weighted by Gasteiger charge is -2.18. The highest BCUT2D eigenvalue weighted by molar-refractivity contribution is 6.09. The SMILES string of the molecule is O=C1CCc2cc(NC(=O)c3ccccc3-c3ccc(C(F)(F)F)cc3)ccc2N1. The van der Waals surface area contributed by atoms with Crippen molar-refractivity contribution in [2.45, 2.75) is 19.0 Å². The second-order valence-electron chi connectivity index (χ2n) is 6.99. The molecule has 0 bridgehead atoms. The zero-order valence-electron chi connectivity index (χ0n) is 15.7. The number of hydrogen-bond acceptors (Lipinski definition) is 2. The van der Waals surface area contributed by atoms with Crippen LogP contribution in [-0.2, 0) is 17.4 Å². The summed E-state index contributed by atoms with van der Waals surface area (Å²) in [5.41, 5.74) is 2.91. The van der Waals surface area contributed by atoms with E-state index in [1.165, 1.54) is 12.1 Å². The summed E-state index contributed by atoms with van der Waals surface area (Å²) < 4.78 is 38.5. The van der Waals surface area contributed by atoms with Gasteiger partial charge in [0.25, 0.3) is 5.91 Å². The maximum Gasteiger partial charge on any atom is 0.416 e. The Morgan fingerprint density at radius 1 is 0.933 bits per heavy atom. The first kappa shape index (κ1) is 19.7. The number of nitrogens with one attached hydrogen (secondary N) is 2. The number of aryl methyl sites for hydroxylation is 1. The lowest BCUT2D eigenvalue weighted by Crippen LogP contribution is -2.19. The maximum atomic E-state index is 12.9. The van der Waals surface area contributed by atoms with Crippen molar-refractivity contribution in [1.29, 1.82) is 0 Å². The van der Waals surface area contributed by atoms with Crippen LogP contribution >= 0.6 is 0 Å². The van der Waals surface area contributed by atoms with Crippen molar-refractivity contribution < 1.29 is 22.8 Å². The highest BCUT2D eigenvalue weighted by Crippen LogP contribution is 2.32. The highest BCUT2D eigenvalue weighted by Gasteiger charge is 2.30. The standard InChI is InChI=1S/C23H17F3N2O2/c24-23(25,26)16-8-5-14(6-9-16)18-3-1-2-4-19(18)22(30)27-17-10-11-20-15(13-17)7-12-21(29)28-20/h1-6,8-11,13H,7,12H2,(H,27,30)(H,28,29). The van der Waals surface area contributed by atoms with Crippen LogP contribution in [0.5, 0.6) is 0 Å². The monoisotopic (exact) mass is 410 g/mol. The summed E-state index contributed by atoms with van der Waals surface area (Å²) in [5, 5.41) is 5.62. The molecule has 0 atom stereocenters. The topological polar surface area (TPSA) is 58.2 Å². The van der Waals surface area contributed by atoms with Crippen molar-refractivity contribution in [2.24, 2.45) is 0 Å². The van der Waals surface area contributed by atoms with Crippen molar-refractivity contribution in [1.82, 2.24) is 0 Å². The second kappa shape index (κ2) is 7.67. The van der Waals surface area contributed by atoms with Crippen LogP contribution in [0.15, 0.2) is 66.7 Å². The molecule has 4 rings (SSSR count). The average Bonchev–Trinajstić information content (AvgIpc) is 2.73. The van der Waals surface area contributed by atoms with Crippen LogP contribution in [0.25, 0.3) is 11.1 Å². The van der Waals surface area contributed by atoms with Crippen molar-refractivity contribution in [3.05, 3.63) is 83.4 Å². The number of amides is 2. The van der Waals surface area contributed by atoms with Crippen LogP contribution in [0.4, 0.5) is 24.5 Å². The van der Waals surface area contributed by atoms with Crippen LogP contribution < -0.4 is 10.6 Å². The van der Waals surface area contributed by atoms with Gasteiger partial charge in [0.2, 0.25) is 5.91 Å². The largest absolute Gasteiger partial charge is 0.416 e. The van der Waals surface area contributed by atoms with Gasteiger partial charge in [-0.05, 0) is 59.5 Å². The molecule has 4 nitrogen and oxygen atoms in total. The molecule has 1 aliphatic heterocycles. The third kappa shape index (κ3) is 4.05. The molecule has 3 aromatic rings. The Morgan fingerprint density at radius 3 is 2.40 bits per heavy atom. The summed E-state index contributed by atoms with van der Waals surface area (Å²) in [6.45, 7) is 0. The smallest absolute Gasteiger partial charge is 0.326 e. The molecule has 0 saturated carbocycles. The van der Waals surface area contributed by atoms with Gasteiger partial charge in [-0.1, -0.05) is 30.3 Å². The Labute approximate surface area is 170 Å². The minimum Gasteiger partial charge on any atom is -0.326 e. The predicted molar refractivity (Wildman–Crippen MR) is 108 cm³/mol. The van der Waals surface area contributed by atoms with Crippen LogP contribution in [0.2, 0.25) is 0 Å². The third-order valence-corrected chi connectivity index (χ3v) is 4.95. The summed E-state index contributed by atoms with van der Waals surface area (Å²) >= 11 is 0. The van der Waals surface area contributed by atoms with Gasteiger partial charge in [0.05, 0.1) is 5.56 Å². The Balaban J connectivity index is 1.59. The van der Waals surface area contributed by atoms with E-state index in [1.807, 2.05) is 6.07 Å². The van der Waals surface area contributed by atoms with Gasteiger partial charge < -0.3 is 10.6 Å². The molecule has 7 heteroatoms. The van der Waals surface area contributed by atoms with E-state index in [9.17, 15) is 22.8 Å². The molecule has 0 spiro atoms. The Bertz CT molecular complexity index is 1120. The molecule has 30 heavy (non-hydrogen) atoms. The summed E-state index contributed by atoms with van der Waals surface area (Å²) in [6.07, 6.45) is -3.44. The minimum absolute atomic E-state index is 0.0373. The molecule has 3 aromatic carbocycles. The fourth-order valence-electron chi connectivity index (χ4n) is 3.43. The van der Waals surface area contributed by atoms with Crippen LogP contribution in [-0.4, -0.2) is 11.8 Å². The van der Waals surface area contributed by atoms with Crippen molar-refractivity contribution in [3.63, 3.8) is 0 Å². The second-order valence-corrected chi connectivity index (χ2v) is 6.99. The van der Waals surface area contributed by atoms with Crippen LogP contribution in [0, 0.1) is 0 Å². The third-order valence-electron chi connectivity index (χ3n) is 4.95. The number of halogens is 3. The molecule has 0 unspecified atom stereocenters. The molecule has 2 N–H and O–H groups in total. The zero-order chi connectivity index (χ0) is 21.3. The van der Waals surface area contributed by atoms with Crippen molar-refractivity contribution in [3.8, 4) is 11.1 Å². The fourth-order valence-corrected chi connectivity index (χ4v) is 3.43. The van der Waals surface area contributed by atoms with Crippen molar-refractivity contribution in [2.75, 3.05) is 10.6 Å². The Kier molecular flexibility index (Phi) is 5.03. The fraction of sp³-hybridized carbons (Fsp3) is 0.130. The number of anilines is 2. The summed E-state index contributed by atoms with van der Waals surface area (Å²) in [7, 11) is 0. The molecule has 0 fully saturated rings. The van der Waals surface area contributed by atoms with Gasteiger partial charge in [-0.15, -0.1) is 0 Å². The van der Waals surface area contributed by atoms with Gasteiger partial charge in [0.1, 0.15) is 0 Å². The van der Waals surface area contributed by atoms with E-state index in [-0.39, 0.29) is 11.8 Å². The molecule has 152 valence electrons. The number of benzene rings is 3. The molecule has 1 heterocycles. The van der Waals surface area contributed by atoms with Crippen molar-refractivity contribution >= 4 is 23.2 Å². The summed E-state index contributed by atoms with van der Waals surface area (Å²) in [4.78, 5) is 24.4. The first-order chi connectivity index (χ1) is 14.3. The Morgan fingerprint density at radius 2 is 1.67 bits per heavy atom. The van der Waals surface area contributed by atoms with E-state index < -0.39 is 11.7 Å². The minimum atomic E-state index is -4.42. The van der Waals surface area contributed by atoms with Crippen LogP contribution in [0.3, 0.4) is 0 Å². The summed E-state index contributed by atoms with van der Waals surface area (Å²) in [6, 6.07) is 16.7. The van der Waals surface area contributed by atoms with Gasteiger partial charge in [-0.25, -0.2) is 0 Å². The first-order valence-electron chi connectivity index (χ1n) is 9.32.